The largest absolute Gasteiger partial charge is 0.494 e. The number of carbonyl (C=O) groups is 1. The molecule has 4 aromatic carbocycles. The monoisotopic (exact) mass is 690 g/mol. The summed E-state index contributed by atoms with van der Waals surface area (Å²) in [7, 11) is 0. The number of imidazole rings is 1. The maximum Gasteiger partial charge on any atom is 0.261 e. The van der Waals surface area contributed by atoms with Crippen molar-refractivity contribution in [1.29, 1.82) is 0 Å². The molecule has 1 unspecified atom stereocenters. The maximum atomic E-state index is 11.7. The molecule has 0 radical (unpaired) electrons. The molecule has 5 aromatic rings. The molecule has 5 rings (SSSR count). The van der Waals surface area contributed by atoms with Crippen LogP contribution in [0.4, 0.5) is 5.69 Å². The van der Waals surface area contributed by atoms with E-state index in [0.29, 0.717) is 34.5 Å². The van der Waals surface area contributed by atoms with Crippen LogP contribution in [-0.4, -0.2) is 37.4 Å². The summed E-state index contributed by atoms with van der Waals surface area (Å²) >= 11 is 10.3. The van der Waals surface area contributed by atoms with Crippen molar-refractivity contribution in [3.8, 4) is 33.8 Å². The smallest absolute Gasteiger partial charge is 0.261 e. The second-order valence-corrected chi connectivity index (χ2v) is 13.8. The average Bonchev–Trinajstić information content (AvgIpc) is 3.43. The first-order chi connectivity index (χ1) is 22.4. The predicted molar refractivity (Wildman–Crippen MR) is 191 cm³/mol. The van der Waals surface area contributed by atoms with E-state index in [2.05, 4.69) is 62.5 Å². The molecule has 0 bridgehead atoms. The second kappa shape index (κ2) is 15.2. The van der Waals surface area contributed by atoms with Crippen molar-refractivity contribution < 1.29 is 18.3 Å². The van der Waals surface area contributed by atoms with E-state index in [0.717, 1.165) is 45.9 Å². The Bertz CT molecular complexity index is 1850. The van der Waals surface area contributed by atoms with Crippen LogP contribution in [0.5, 0.6) is 5.75 Å². The van der Waals surface area contributed by atoms with Gasteiger partial charge in [-0.2, -0.15) is 0 Å². The summed E-state index contributed by atoms with van der Waals surface area (Å²) < 4.78 is 29.5. The quantitative estimate of drug-likeness (QED) is 0.113. The highest BCUT2D eigenvalue weighted by molar-refractivity contribution is 7.77. The number of benzene rings is 4. The van der Waals surface area contributed by atoms with E-state index in [9.17, 15) is 9.00 Å². The zero-order valence-electron chi connectivity index (χ0n) is 26.3. The van der Waals surface area contributed by atoms with Gasteiger partial charge in [-0.1, -0.05) is 80.4 Å². The highest BCUT2D eigenvalue weighted by atomic mass is 35.5. The first kappa shape index (κ1) is 34.2. The molecule has 1 atom stereocenters. The summed E-state index contributed by atoms with van der Waals surface area (Å²) in [5, 5.41) is 3.99. The van der Waals surface area contributed by atoms with Gasteiger partial charge in [-0.3, -0.25) is 14.1 Å². The fraction of sp³-hybridized carbons (Fsp3) is 0.222. The summed E-state index contributed by atoms with van der Waals surface area (Å²) in [5.74, 6) is 1.08. The highest BCUT2D eigenvalue weighted by Gasteiger charge is 2.15. The first-order valence-corrected chi connectivity index (χ1v) is 16.9. The molecule has 11 heteroatoms. The summed E-state index contributed by atoms with van der Waals surface area (Å²) in [6.45, 7) is 7.17. The normalized spacial score (nSPS) is 12.0. The Balaban J connectivity index is 1.35. The number of hydrogen-bond donors (Lipinski definition) is 3. The van der Waals surface area contributed by atoms with Crippen molar-refractivity contribution in [2.45, 2.75) is 33.6 Å². The van der Waals surface area contributed by atoms with Crippen LogP contribution in [0, 0.1) is 5.41 Å². The van der Waals surface area contributed by atoms with Gasteiger partial charge in [0.1, 0.15) is 11.6 Å². The van der Waals surface area contributed by atoms with Crippen molar-refractivity contribution in [2.24, 2.45) is 5.41 Å². The van der Waals surface area contributed by atoms with Gasteiger partial charge in [0.2, 0.25) is 0 Å². The van der Waals surface area contributed by atoms with Gasteiger partial charge >= 0.3 is 0 Å². The lowest BCUT2D eigenvalue weighted by Crippen LogP contribution is -2.30. The van der Waals surface area contributed by atoms with E-state index in [4.69, 9.17) is 37.5 Å². The van der Waals surface area contributed by atoms with Crippen molar-refractivity contribution in [3.05, 3.63) is 119 Å². The molecule has 3 N–H and O–H groups in total. The summed E-state index contributed by atoms with van der Waals surface area (Å²) in [6, 6.07) is 29.4. The number of aromatic nitrogens is 2. The standard InChI is InChI=1S/C36H36Cl2N4O4S/c1-36(2,3)18-19-46-30-15-8-26(9-16-30)25-6-4-24(5-7-25)20-34-40-33(31-17-10-27(37)21-32(31)38)23-42(34)29-13-11-28(12-14-29)39-22-35(43)41-47(44)45/h4-17,21,23,39H,18-20,22H2,1-3H3,(H,41,43)(H,44,45). The van der Waals surface area contributed by atoms with Crippen LogP contribution in [0.25, 0.3) is 28.1 Å². The zero-order chi connectivity index (χ0) is 33.6. The van der Waals surface area contributed by atoms with Crippen LogP contribution in [0.15, 0.2) is 97.2 Å². The molecule has 0 aliphatic heterocycles. The van der Waals surface area contributed by atoms with Crippen LogP contribution < -0.4 is 14.8 Å². The SMILES string of the molecule is CC(C)(C)CCOc1ccc(-c2ccc(Cc3nc(-c4ccc(Cl)cc4Cl)cn3-c3ccc(NCC(=O)NS(=O)O)cc3)cc2)cc1. The van der Waals surface area contributed by atoms with E-state index < -0.39 is 17.2 Å². The number of hydrogen-bond acceptors (Lipinski definition) is 5. The van der Waals surface area contributed by atoms with E-state index in [1.807, 2.05) is 58.0 Å². The number of ether oxygens (including phenoxy) is 1. The number of nitrogens with one attached hydrogen (secondary N) is 2. The fourth-order valence-corrected chi connectivity index (χ4v) is 5.64. The third-order valence-electron chi connectivity index (χ3n) is 7.41. The molecule has 0 spiro atoms. The minimum atomic E-state index is -2.41. The molecule has 47 heavy (non-hydrogen) atoms. The molecule has 244 valence electrons. The molecule has 1 amide bonds. The molecule has 8 nitrogen and oxygen atoms in total. The Morgan fingerprint density at radius 3 is 2.21 bits per heavy atom. The van der Waals surface area contributed by atoms with Gasteiger partial charge in [0.25, 0.3) is 17.2 Å². The minimum Gasteiger partial charge on any atom is -0.494 e. The Hall–Kier alpha value is -4.15. The van der Waals surface area contributed by atoms with E-state index >= 15 is 0 Å². The first-order valence-electron chi connectivity index (χ1n) is 15.0. The maximum absolute atomic E-state index is 11.7. The Labute approximate surface area is 287 Å². The topological polar surface area (TPSA) is 105 Å². The lowest BCUT2D eigenvalue weighted by molar-refractivity contribution is -0.117. The van der Waals surface area contributed by atoms with Crippen LogP contribution in [0.3, 0.4) is 0 Å². The third-order valence-corrected chi connectivity index (χ3v) is 8.36. The van der Waals surface area contributed by atoms with Gasteiger partial charge < -0.3 is 14.6 Å². The number of rotatable bonds is 12. The molecule has 1 aromatic heterocycles. The number of anilines is 1. The highest BCUT2D eigenvalue weighted by Crippen LogP contribution is 2.32. The van der Waals surface area contributed by atoms with Crippen molar-refractivity contribution in [2.75, 3.05) is 18.5 Å². The van der Waals surface area contributed by atoms with Crippen LogP contribution >= 0.6 is 23.2 Å². The number of carbonyl (C=O) groups excluding carboxylic acids is 1. The molecule has 1 heterocycles. The van der Waals surface area contributed by atoms with Crippen molar-refractivity contribution in [3.63, 3.8) is 0 Å². The molecular formula is C36H36Cl2N4O4S. The average molecular weight is 692 g/mol. The fourth-order valence-electron chi connectivity index (χ4n) is 4.87. The van der Waals surface area contributed by atoms with Crippen molar-refractivity contribution in [1.82, 2.24) is 14.3 Å². The number of nitrogens with zero attached hydrogens (tertiary/aromatic N) is 2. The van der Waals surface area contributed by atoms with Gasteiger partial charge in [0.15, 0.2) is 0 Å². The summed E-state index contributed by atoms with van der Waals surface area (Å²) in [4.78, 5) is 16.7. The van der Waals surface area contributed by atoms with Crippen LogP contribution in [0.1, 0.15) is 38.6 Å². The summed E-state index contributed by atoms with van der Waals surface area (Å²) in [5.41, 5.74) is 6.54. The zero-order valence-corrected chi connectivity index (χ0v) is 28.6. The second-order valence-electron chi connectivity index (χ2n) is 12.3. The number of amides is 1. The Morgan fingerprint density at radius 2 is 1.60 bits per heavy atom. The molecule has 0 aliphatic carbocycles. The predicted octanol–water partition coefficient (Wildman–Crippen LogP) is 8.58. The third kappa shape index (κ3) is 9.68. The van der Waals surface area contributed by atoms with E-state index in [1.165, 1.54) is 0 Å². The van der Waals surface area contributed by atoms with E-state index in [-0.39, 0.29) is 12.0 Å². The van der Waals surface area contributed by atoms with Crippen molar-refractivity contribution >= 4 is 46.1 Å². The molecule has 0 aliphatic rings. The lowest BCUT2D eigenvalue weighted by Gasteiger charge is -2.18. The minimum absolute atomic E-state index is 0.146. The summed E-state index contributed by atoms with van der Waals surface area (Å²) in [6.07, 6.45) is 3.49. The van der Waals surface area contributed by atoms with Gasteiger partial charge in [0.05, 0.1) is 23.9 Å². The van der Waals surface area contributed by atoms with Gasteiger partial charge in [-0.15, -0.1) is 0 Å². The Kier molecular flexibility index (Phi) is 11.0. The molecule has 0 saturated heterocycles. The van der Waals surface area contributed by atoms with E-state index in [1.54, 1.807) is 12.1 Å². The Morgan fingerprint density at radius 1 is 0.936 bits per heavy atom. The van der Waals surface area contributed by atoms with Gasteiger partial charge in [-0.05, 0) is 83.1 Å². The molecular weight excluding hydrogens is 655 g/mol. The lowest BCUT2D eigenvalue weighted by atomic mass is 9.93. The van der Waals surface area contributed by atoms with Crippen LogP contribution in [0.2, 0.25) is 10.0 Å². The van der Waals surface area contributed by atoms with Gasteiger partial charge in [-0.25, -0.2) is 9.19 Å². The van der Waals surface area contributed by atoms with Gasteiger partial charge in [0, 0.05) is 34.6 Å². The van der Waals surface area contributed by atoms with Crippen LogP contribution in [-0.2, 0) is 22.5 Å². The number of halogens is 2. The molecule has 0 fully saturated rings. The molecule has 0 saturated carbocycles.